The fourth-order valence-electron chi connectivity index (χ4n) is 3.35. The molecule has 0 aliphatic rings. The molecule has 0 saturated heterocycles. The first-order valence-corrected chi connectivity index (χ1v) is 14.4. The highest BCUT2D eigenvalue weighted by atomic mass is 79.9. The van der Waals surface area contributed by atoms with Crippen molar-refractivity contribution < 1.29 is 18.0 Å². The molecule has 0 aromatic heterocycles. The molecule has 2 aromatic carbocycles. The number of nitrogens with zero attached hydrogens (tertiary/aromatic N) is 2. The maximum atomic E-state index is 13.5. The van der Waals surface area contributed by atoms with Crippen molar-refractivity contribution in [2.75, 3.05) is 23.7 Å². The summed E-state index contributed by atoms with van der Waals surface area (Å²) < 4.78 is 28.0. The van der Waals surface area contributed by atoms with E-state index in [1.165, 1.54) is 4.90 Å². The van der Waals surface area contributed by atoms with Gasteiger partial charge in [-0.3, -0.25) is 13.9 Å². The number of amides is 2. The number of benzene rings is 2. The number of sulfonamides is 1. The van der Waals surface area contributed by atoms with E-state index in [4.69, 9.17) is 0 Å². The van der Waals surface area contributed by atoms with Gasteiger partial charge in [-0.1, -0.05) is 57.3 Å². The van der Waals surface area contributed by atoms with E-state index in [1.807, 2.05) is 38.1 Å². The van der Waals surface area contributed by atoms with Crippen molar-refractivity contribution in [3.8, 4) is 0 Å². The molecule has 2 aromatic rings. The summed E-state index contributed by atoms with van der Waals surface area (Å²) in [5.41, 5.74) is 2.05. The highest BCUT2D eigenvalue weighted by Crippen LogP contribution is 2.25. The van der Waals surface area contributed by atoms with Crippen molar-refractivity contribution in [2.45, 2.75) is 46.2 Å². The van der Waals surface area contributed by atoms with Crippen molar-refractivity contribution in [3.63, 3.8) is 0 Å². The van der Waals surface area contributed by atoms with Crippen LogP contribution in [0.25, 0.3) is 0 Å². The molecule has 186 valence electrons. The zero-order valence-corrected chi connectivity index (χ0v) is 23.8. The fourth-order valence-corrected chi connectivity index (χ4v) is 4.88. The number of hydrogen-bond donors (Lipinski definition) is 1. The number of anilines is 1. The quantitative estimate of drug-likeness (QED) is 0.373. The van der Waals surface area contributed by atoms with Crippen molar-refractivity contribution in [1.29, 1.82) is 0 Å². The molecule has 0 heterocycles. The Kier molecular flexibility index (Phi) is 10.6. The SMILES string of the molecule is CCCCNC(=O)C(C)N(Cc1cccc(Br)c1)C(=O)CN(c1ccc(Br)c(C)c1)S(C)(=O)=O. The summed E-state index contributed by atoms with van der Waals surface area (Å²) >= 11 is 6.85. The highest BCUT2D eigenvalue weighted by Gasteiger charge is 2.30. The molecule has 0 radical (unpaired) electrons. The van der Waals surface area contributed by atoms with Gasteiger partial charge in [0.25, 0.3) is 0 Å². The number of rotatable bonds is 11. The lowest BCUT2D eigenvalue weighted by molar-refractivity contribution is -0.139. The van der Waals surface area contributed by atoms with E-state index >= 15 is 0 Å². The van der Waals surface area contributed by atoms with Gasteiger partial charge in [0.05, 0.1) is 11.9 Å². The van der Waals surface area contributed by atoms with Crippen LogP contribution in [0, 0.1) is 6.92 Å². The van der Waals surface area contributed by atoms with Gasteiger partial charge in [0, 0.05) is 22.0 Å². The zero-order chi connectivity index (χ0) is 25.5. The average Bonchev–Trinajstić information content (AvgIpc) is 2.76. The first-order valence-electron chi connectivity index (χ1n) is 11.0. The summed E-state index contributed by atoms with van der Waals surface area (Å²) in [6.07, 6.45) is 2.84. The third-order valence-electron chi connectivity index (χ3n) is 5.35. The van der Waals surface area contributed by atoms with Gasteiger partial charge >= 0.3 is 0 Å². The molecule has 34 heavy (non-hydrogen) atoms. The van der Waals surface area contributed by atoms with Crippen LogP contribution in [0.15, 0.2) is 51.4 Å². The number of hydrogen-bond acceptors (Lipinski definition) is 4. The lowest BCUT2D eigenvalue weighted by Gasteiger charge is -2.31. The lowest BCUT2D eigenvalue weighted by atomic mass is 10.1. The number of halogens is 2. The predicted molar refractivity (Wildman–Crippen MR) is 143 cm³/mol. The summed E-state index contributed by atoms with van der Waals surface area (Å²) in [5, 5.41) is 2.87. The molecule has 2 rings (SSSR count). The van der Waals surface area contributed by atoms with E-state index in [9.17, 15) is 18.0 Å². The Labute approximate surface area is 219 Å². The molecule has 2 amide bonds. The van der Waals surface area contributed by atoms with Crippen LogP contribution in [-0.2, 0) is 26.2 Å². The van der Waals surface area contributed by atoms with Gasteiger partial charge in [0.15, 0.2) is 0 Å². The minimum atomic E-state index is -3.76. The normalized spacial score (nSPS) is 12.2. The average molecular weight is 617 g/mol. The third-order valence-corrected chi connectivity index (χ3v) is 7.87. The zero-order valence-electron chi connectivity index (χ0n) is 19.8. The molecule has 0 aliphatic heterocycles. The van der Waals surface area contributed by atoms with Crippen LogP contribution in [0.2, 0.25) is 0 Å². The molecule has 0 aliphatic carbocycles. The Hall–Kier alpha value is -1.91. The number of carbonyl (C=O) groups is 2. The maximum absolute atomic E-state index is 13.5. The van der Waals surface area contributed by atoms with E-state index in [2.05, 4.69) is 37.2 Å². The predicted octanol–water partition coefficient (Wildman–Crippen LogP) is 4.62. The molecule has 10 heteroatoms. The largest absolute Gasteiger partial charge is 0.354 e. The fraction of sp³-hybridized carbons (Fsp3) is 0.417. The minimum Gasteiger partial charge on any atom is -0.354 e. The highest BCUT2D eigenvalue weighted by molar-refractivity contribution is 9.10. The van der Waals surface area contributed by atoms with E-state index < -0.39 is 28.5 Å². The Bertz CT molecular complexity index is 1120. The topological polar surface area (TPSA) is 86.8 Å². The summed E-state index contributed by atoms with van der Waals surface area (Å²) in [6.45, 7) is 5.80. The lowest BCUT2D eigenvalue weighted by Crippen LogP contribution is -2.51. The molecular formula is C24H31Br2N3O4S. The van der Waals surface area contributed by atoms with Crippen LogP contribution in [-0.4, -0.2) is 50.5 Å². The van der Waals surface area contributed by atoms with Crippen molar-refractivity contribution in [3.05, 3.63) is 62.5 Å². The number of nitrogens with one attached hydrogen (secondary N) is 1. The van der Waals surface area contributed by atoms with Crippen LogP contribution >= 0.6 is 31.9 Å². The maximum Gasteiger partial charge on any atom is 0.244 e. The number of aryl methyl sites for hydroxylation is 1. The van der Waals surface area contributed by atoms with Crippen LogP contribution in [0.1, 0.15) is 37.8 Å². The second-order valence-corrected chi connectivity index (χ2v) is 11.9. The third kappa shape index (κ3) is 8.09. The first kappa shape index (κ1) is 28.3. The molecule has 1 unspecified atom stereocenters. The summed E-state index contributed by atoms with van der Waals surface area (Å²) in [5.74, 6) is -0.744. The molecule has 1 atom stereocenters. The molecule has 0 saturated carbocycles. The smallest absolute Gasteiger partial charge is 0.244 e. The molecule has 1 N–H and O–H groups in total. The first-order chi connectivity index (χ1) is 15.9. The second kappa shape index (κ2) is 12.7. The van der Waals surface area contributed by atoms with Crippen LogP contribution in [0.4, 0.5) is 5.69 Å². The van der Waals surface area contributed by atoms with Crippen LogP contribution in [0.5, 0.6) is 0 Å². The molecule has 0 spiro atoms. The second-order valence-electron chi connectivity index (χ2n) is 8.18. The standard InChI is InChI=1S/C24H31Br2N3O4S/c1-5-6-12-27-24(31)18(3)28(15-19-8-7-9-20(25)14-19)23(30)16-29(34(4,32)33)21-10-11-22(26)17(2)13-21/h7-11,13-14,18H,5-6,12,15-16H2,1-4H3,(H,27,31). The van der Waals surface area contributed by atoms with Gasteiger partial charge in [0.1, 0.15) is 12.6 Å². The minimum absolute atomic E-state index is 0.164. The van der Waals surface area contributed by atoms with Crippen LogP contribution < -0.4 is 9.62 Å². The van der Waals surface area contributed by atoms with Gasteiger partial charge in [-0.25, -0.2) is 8.42 Å². The summed E-state index contributed by atoms with van der Waals surface area (Å²) in [6, 6.07) is 11.8. The number of carbonyl (C=O) groups excluding carboxylic acids is 2. The van der Waals surface area contributed by atoms with Gasteiger partial charge in [-0.15, -0.1) is 0 Å². The number of unbranched alkanes of at least 4 members (excludes halogenated alkanes) is 1. The Morgan fingerprint density at radius 1 is 1.12 bits per heavy atom. The van der Waals surface area contributed by atoms with Crippen molar-refractivity contribution in [1.82, 2.24) is 10.2 Å². The molecular weight excluding hydrogens is 586 g/mol. The Balaban J connectivity index is 2.37. The monoisotopic (exact) mass is 615 g/mol. The van der Waals surface area contributed by atoms with Gasteiger partial charge < -0.3 is 10.2 Å². The molecule has 0 bridgehead atoms. The summed E-state index contributed by atoms with van der Waals surface area (Å²) in [4.78, 5) is 27.7. The Morgan fingerprint density at radius 3 is 2.41 bits per heavy atom. The van der Waals surface area contributed by atoms with E-state index in [0.717, 1.165) is 43.5 Å². The molecule has 7 nitrogen and oxygen atoms in total. The van der Waals surface area contributed by atoms with E-state index in [1.54, 1.807) is 25.1 Å². The van der Waals surface area contributed by atoms with Gasteiger partial charge in [-0.2, -0.15) is 0 Å². The Morgan fingerprint density at radius 2 is 1.82 bits per heavy atom. The van der Waals surface area contributed by atoms with E-state index in [0.29, 0.717) is 12.2 Å². The van der Waals surface area contributed by atoms with Gasteiger partial charge in [0.2, 0.25) is 21.8 Å². The summed E-state index contributed by atoms with van der Waals surface area (Å²) in [7, 11) is -3.76. The van der Waals surface area contributed by atoms with Crippen LogP contribution in [0.3, 0.4) is 0 Å². The van der Waals surface area contributed by atoms with Crippen molar-refractivity contribution >= 4 is 59.4 Å². The van der Waals surface area contributed by atoms with Gasteiger partial charge in [-0.05, 0) is 61.7 Å². The van der Waals surface area contributed by atoms with Crippen molar-refractivity contribution in [2.24, 2.45) is 0 Å². The molecule has 0 fully saturated rings. The van der Waals surface area contributed by atoms with E-state index in [-0.39, 0.29) is 12.5 Å².